The SMILES string of the molecule is CCCC(CCO)CNC(=O)COc1ccccc1N. The first-order valence-corrected chi connectivity index (χ1v) is 7.02. The zero-order valence-electron chi connectivity index (χ0n) is 12.0. The van der Waals surface area contributed by atoms with Crippen LogP contribution >= 0.6 is 0 Å². The van der Waals surface area contributed by atoms with Gasteiger partial charge in [-0.15, -0.1) is 0 Å². The molecule has 0 aliphatic carbocycles. The monoisotopic (exact) mass is 280 g/mol. The lowest BCUT2D eigenvalue weighted by atomic mass is 10.0. The Morgan fingerprint density at radius 1 is 1.40 bits per heavy atom. The van der Waals surface area contributed by atoms with Gasteiger partial charge in [-0.1, -0.05) is 25.5 Å². The number of aliphatic hydroxyl groups excluding tert-OH is 1. The summed E-state index contributed by atoms with van der Waals surface area (Å²) in [6.45, 7) is 2.76. The van der Waals surface area contributed by atoms with Crippen molar-refractivity contribution in [3.63, 3.8) is 0 Å². The lowest BCUT2D eigenvalue weighted by Gasteiger charge is -2.16. The van der Waals surface area contributed by atoms with E-state index in [9.17, 15) is 4.79 Å². The minimum atomic E-state index is -0.174. The highest BCUT2D eigenvalue weighted by Crippen LogP contribution is 2.19. The van der Waals surface area contributed by atoms with Crippen molar-refractivity contribution in [1.29, 1.82) is 0 Å². The van der Waals surface area contributed by atoms with E-state index in [-0.39, 0.29) is 19.1 Å². The highest BCUT2D eigenvalue weighted by molar-refractivity contribution is 5.77. The van der Waals surface area contributed by atoms with Crippen LogP contribution in [-0.4, -0.2) is 30.8 Å². The molecule has 5 nitrogen and oxygen atoms in total. The number of rotatable bonds is 9. The van der Waals surface area contributed by atoms with Crippen LogP contribution in [-0.2, 0) is 4.79 Å². The molecule has 112 valence electrons. The molecule has 1 aromatic rings. The normalized spacial score (nSPS) is 11.9. The van der Waals surface area contributed by atoms with Crippen molar-refractivity contribution in [1.82, 2.24) is 5.32 Å². The zero-order valence-corrected chi connectivity index (χ0v) is 12.0. The van der Waals surface area contributed by atoms with Gasteiger partial charge in [0.1, 0.15) is 5.75 Å². The molecule has 1 amide bonds. The summed E-state index contributed by atoms with van der Waals surface area (Å²) < 4.78 is 5.36. The van der Waals surface area contributed by atoms with Crippen LogP contribution in [0.2, 0.25) is 0 Å². The molecule has 0 heterocycles. The van der Waals surface area contributed by atoms with Gasteiger partial charge in [0.15, 0.2) is 6.61 Å². The average molecular weight is 280 g/mol. The molecule has 0 bridgehead atoms. The first-order valence-electron chi connectivity index (χ1n) is 7.02. The highest BCUT2D eigenvalue weighted by atomic mass is 16.5. The maximum Gasteiger partial charge on any atom is 0.257 e. The summed E-state index contributed by atoms with van der Waals surface area (Å²) in [5, 5.41) is 11.8. The molecule has 0 fully saturated rings. The van der Waals surface area contributed by atoms with E-state index in [1.165, 1.54) is 0 Å². The Bertz CT molecular complexity index is 404. The molecule has 1 unspecified atom stereocenters. The van der Waals surface area contributed by atoms with Crippen LogP contribution in [0.4, 0.5) is 5.69 Å². The number of amides is 1. The molecule has 0 radical (unpaired) electrons. The molecule has 1 aromatic carbocycles. The lowest BCUT2D eigenvalue weighted by molar-refractivity contribution is -0.123. The zero-order chi connectivity index (χ0) is 14.8. The second-order valence-electron chi connectivity index (χ2n) is 4.80. The second-order valence-corrected chi connectivity index (χ2v) is 4.80. The van der Waals surface area contributed by atoms with Gasteiger partial charge in [0, 0.05) is 13.2 Å². The third kappa shape index (κ3) is 5.93. The Hall–Kier alpha value is -1.75. The van der Waals surface area contributed by atoms with Crippen molar-refractivity contribution in [3.8, 4) is 5.75 Å². The molecule has 1 rings (SSSR count). The summed E-state index contributed by atoms with van der Waals surface area (Å²) in [4.78, 5) is 11.7. The molecular weight excluding hydrogens is 256 g/mol. The molecule has 0 aromatic heterocycles. The van der Waals surface area contributed by atoms with Crippen LogP contribution in [0.25, 0.3) is 0 Å². The average Bonchev–Trinajstić information content (AvgIpc) is 2.44. The molecule has 5 heteroatoms. The second kappa shape index (κ2) is 9.20. The number of hydrogen-bond donors (Lipinski definition) is 3. The number of benzene rings is 1. The minimum Gasteiger partial charge on any atom is -0.482 e. The molecule has 4 N–H and O–H groups in total. The summed E-state index contributed by atoms with van der Waals surface area (Å²) >= 11 is 0. The highest BCUT2D eigenvalue weighted by Gasteiger charge is 2.10. The molecular formula is C15H24N2O3. The van der Waals surface area contributed by atoms with Gasteiger partial charge in [-0.25, -0.2) is 0 Å². The van der Waals surface area contributed by atoms with Crippen molar-refractivity contribution in [2.75, 3.05) is 25.5 Å². The van der Waals surface area contributed by atoms with E-state index in [4.69, 9.17) is 15.6 Å². The number of carbonyl (C=O) groups is 1. The maximum atomic E-state index is 11.7. The number of anilines is 1. The van der Waals surface area contributed by atoms with Gasteiger partial charge >= 0.3 is 0 Å². The Balaban J connectivity index is 2.31. The first kappa shape index (κ1) is 16.3. The summed E-state index contributed by atoms with van der Waals surface area (Å²) in [6, 6.07) is 7.08. The smallest absolute Gasteiger partial charge is 0.257 e. The Kier molecular flexibility index (Phi) is 7.50. The number of hydrogen-bond acceptors (Lipinski definition) is 4. The van der Waals surface area contributed by atoms with Gasteiger partial charge in [-0.2, -0.15) is 0 Å². The topological polar surface area (TPSA) is 84.6 Å². The van der Waals surface area contributed by atoms with E-state index in [0.29, 0.717) is 30.3 Å². The van der Waals surface area contributed by atoms with Crippen LogP contribution in [0.3, 0.4) is 0 Å². The van der Waals surface area contributed by atoms with Gasteiger partial charge in [0.05, 0.1) is 5.69 Å². The van der Waals surface area contributed by atoms with Crippen molar-refractivity contribution in [2.45, 2.75) is 26.2 Å². The van der Waals surface area contributed by atoms with Gasteiger partial charge in [0.2, 0.25) is 0 Å². The number of nitrogen functional groups attached to an aromatic ring is 1. The van der Waals surface area contributed by atoms with Crippen molar-refractivity contribution in [2.24, 2.45) is 5.92 Å². The predicted octanol–water partition coefficient (Wildman–Crippen LogP) is 1.56. The van der Waals surface area contributed by atoms with Crippen molar-refractivity contribution in [3.05, 3.63) is 24.3 Å². The van der Waals surface area contributed by atoms with Crippen molar-refractivity contribution < 1.29 is 14.6 Å². The summed E-state index contributed by atoms with van der Waals surface area (Å²) in [5.74, 6) is 0.658. The third-order valence-corrected chi connectivity index (χ3v) is 3.10. The maximum absolute atomic E-state index is 11.7. The van der Waals surface area contributed by atoms with E-state index in [1.54, 1.807) is 12.1 Å². The van der Waals surface area contributed by atoms with Crippen LogP contribution < -0.4 is 15.8 Å². The number of nitrogens with one attached hydrogen (secondary N) is 1. The molecule has 0 aliphatic heterocycles. The molecule has 20 heavy (non-hydrogen) atoms. The number of aliphatic hydroxyl groups is 1. The molecule has 0 saturated carbocycles. The molecule has 1 atom stereocenters. The number of carbonyl (C=O) groups excluding carboxylic acids is 1. The quantitative estimate of drug-likeness (QED) is 0.599. The fourth-order valence-electron chi connectivity index (χ4n) is 2.00. The minimum absolute atomic E-state index is 0.0494. The van der Waals surface area contributed by atoms with E-state index < -0.39 is 0 Å². The third-order valence-electron chi connectivity index (χ3n) is 3.10. The van der Waals surface area contributed by atoms with Gasteiger partial charge < -0.3 is 20.9 Å². The summed E-state index contributed by atoms with van der Waals surface area (Å²) in [5.41, 5.74) is 6.24. The Labute approximate surface area is 120 Å². The number of nitrogens with two attached hydrogens (primary N) is 1. The van der Waals surface area contributed by atoms with Crippen LogP contribution in [0.15, 0.2) is 24.3 Å². The van der Waals surface area contributed by atoms with E-state index >= 15 is 0 Å². The van der Waals surface area contributed by atoms with E-state index in [2.05, 4.69) is 12.2 Å². The van der Waals surface area contributed by atoms with Gasteiger partial charge in [0.25, 0.3) is 5.91 Å². The summed E-state index contributed by atoms with van der Waals surface area (Å²) in [7, 11) is 0. The summed E-state index contributed by atoms with van der Waals surface area (Å²) in [6.07, 6.45) is 2.74. The lowest BCUT2D eigenvalue weighted by Crippen LogP contribution is -2.33. The number of para-hydroxylation sites is 2. The number of ether oxygens (including phenoxy) is 1. The van der Waals surface area contributed by atoms with E-state index in [1.807, 2.05) is 12.1 Å². The van der Waals surface area contributed by atoms with E-state index in [0.717, 1.165) is 12.8 Å². The predicted molar refractivity (Wildman–Crippen MR) is 79.5 cm³/mol. The fraction of sp³-hybridized carbons (Fsp3) is 0.533. The Morgan fingerprint density at radius 3 is 2.80 bits per heavy atom. The first-order chi connectivity index (χ1) is 9.67. The molecule has 0 aliphatic rings. The Morgan fingerprint density at radius 2 is 2.15 bits per heavy atom. The standard InChI is InChI=1S/C15H24N2O3/c1-2-5-12(8-9-18)10-17-15(19)11-20-14-7-4-3-6-13(14)16/h3-4,6-7,12,18H,2,5,8-11,16H2,1H3,(H,17,19). The van der Waals surface area contributed by atoms with Crippen LogP contribution in [0, 0.1) is 5.92 Å². The van der Waals surface area contributed by atoms with Crippen LogP contribution in [0.5, 0.6) is 5.75 Å². The van der Waals surface area contributed by atoms with Gasteiger partial charge in [-0.05, 0) is 30.9 Å². The molecule has 0 saturated heterocycles. The largest absolute Gasteiger partial charge is 0.482 e. The molecule has 0 spiro atoms. The van der Waals surface area contributed by atoms with Crippen molar-refractivity contribution >= 4 is 11.6 Å². The van der Waals surface area contributed by atoms with Crippen LogP contribution in [0.1, 0.15) is 26.2 Å². The van der Waals surface area contributed by atoms with Gasteiger partial charge in [-0.3, -0.25) is 4.79 Å². The fourth-order valence-corrected chi connectivity index (χ4v) is 2.00.